The molecule has 0 spiro atoms. The summed E-state index contributed by atoms with van der Waals surface area (Å²) in [5, 5.41) is 4.40. The molecule has 2 atom stereocenters. The van der Waals surface area contributed by atoms with Gasteiger partial charge in [0.05, 0.1) is 15.9 Å². The van der Waals surface area contributed by atoms with E-state index in [0.717, 1.165) is 28.8 Å². The summed E-state index contributed by atoms with van der Waals surface area (Å²) < 4.78 is 2.92. The molecule has 16 heavy (non-hydrogen) atoms. The van der Waals surface area contributed by atoms with Crippen molar-refractivity contribution in [2.75, 3.05) is 0 Å². The maximum absolute atomic E-state index is 12.0. The number of hydrogen-bond donors (Lipinski definition) is 0. The molecule has 2 unspecified atom stereocenters. The maximum Gasteiger partial charge on any atom is 0.142 e. The molecule has 1 aliphatic carbocycles. The van der Waals surface area contributed by atoms with E-state index in [1.54, 1.807) is 0 Å². The average molecular weight is 285 g/mol. The van der Waals surface area contributed by atoms with Crippen LogP contribution in [0.4, 0.5) is 0 Å². The zero-order chi connectivity index (χ0) is 11.9. The molecule has 1 saturated carbocycles. The molecule has 1 aromatic heterocycles. The minimum atomic E-state index is 0.299. The summed E-state index contributed by atoms with van der Waals surface area (Å²) in [5.41, 5.74) is 2.00. The standard InChI is InChI=1S/C12H17BrN2O/c1-4-15-10(12(13)8(3)14-15)6-11(16)9-5-7(9)2/h7,9H,4-6H2,1-3H3. The Kier molecular flexibility index (Phi) is 3.19. The van der Waals surface area contributed by atoms with E-state index < -0.39 is 0 Å². The molecule has 0 saturated heterocycles. The number of nitrogens with zero attached hydrogens (tertiary/aromatic N) is 2. The summed E-state index contributed by atoms with van der Waals surface area (Å²) in [6, 6.07) is 0. The normalized spacial score (nSPS) is 23.5. The van der Waals surface area contributed by atoms with Crippen LogP contribution < -0.4 is 0 Å². The lowest BCUT2D eigenvalue weighted by atomic mass is 10.1. The number of aromatic nitrogens is 2. The largest absolute Gasteiger partial charge is 0.299 e. The molecule has 0 bridgehead atoms. The third kappa shape index (κ3) is 2.08. The predicted molar refractivity (Wildman–Crippen MR) is 66.3 cm³/mol. The number of carbonyl (C=O) groups excluding carboxylic acids is 1. The lowest BCUT2D eigenvalue weighted by molar-refractivity contribution is -0.119. The summed E-state index contributed by atoms with van der Waals surface area (Å²) in [4.78, 5) is 12.0. The molecule has 0 aliphatic heterocycles. The Morgan fingerprint density at radius 3 is 2.75 bits per heavy atom. The number of ketones is 1. The first-order valence-electron chi connectivity index (χ1n) is 5.79. The van der Waals surface area contributed by atoms with Crippen molar-refractivity contribution in [3.63, 3.8) is 0 Å². The monoisotopic (exact) mass is 284 g/mol. The van der Waals surface area contributed by atoms with Crippen LogP contribution in [0.15, 0.2) is 4.47 Å². The van der Waals surface area contributed by atoms with Gasteiger partial charge < -0.3 is 0 Å². The van der Waals surface area contributed by atoms with Crippen LogP contribution in [0, 0.1) is 18.8 Å². The van der Waals surface area contributed by atoms with Crippen LogP contribution in [0.1, 0.15) is 31.7 Å². The van der Waals surface area contributed by atoms with Crippen molar-refractivity contribution in [1.82, 2.24) is 9.78 Å². The number of halogens is 1. The zero-order valence-corrected chi connectivity index (χ0v) is 11.5. The van der Waals surface area contributed by atoms with E-state index in [1.165, 1.54) is 0 Å². The summed E-state index contributed by atoms with van der Waals surface area (Å²) in [6.07, 6.45) is 1.58. The zero-order valence-electron chi connectivity index (χ0n) is 9.96. The minimum absolute atomic E-state index is 0.299. The molecule has 4 heteroatoms. The van der Waals surface area contributed by atoms with E-state index in [0.29, 0.717) is 24.0 Å². The van der Waals surface area contributed by atoms with Gasteiger partial charge >= 0.3 is 0 Å². The summed E-state index contributed by atoms with van der Waals surface area (Å²) in [5.74, 6) is 1.25. The second-order valence-corrected chi connectivity index (χ2v) is 5.42. The van der Waals surface area contributed by atoms with Gasteiger partial charge in [-0.05, 0) is 42.1 Å². The Bertz CT molecular complexity index is 425. The van der Waals surface area contributed by atoms with Crippen LogP contribution in [0.5, 0.6) is 0 Å². The van der Waals surface area contributed by atoms with Crippen molar-refractivity contribution in [1.29, 1.82) is 0 Å². The molecule has 0 amide bonds. The van der Waals surface area contributed by atoms with Crippen LogP contribution in [0.2, 0.25) is 0 Å². The van der Waals surface area contributed by atoms with Gasteiger partial charge in [0, 0.05) is 18.9 Å². The minimum Gasteiger partial charge on any atom is -0.299 e. The van der Waals surface area contributed by atoms with Crippen molar-refractivity contribution >= 4 is 21.7 Å². The summed E-state index contributed by atoms with van der Waals surface area (Å²) in [7, 11) is 0. The van der Waals surface area contributed by atoms with Crippen LogP contribution in [0.3, 0.4) is 0 Å². The van der Waals surface area contributed by atoms with Crippen molar-refractivity contribution < 1.29 is 4.79 Å². The first kappa shape index (κ1) is 11.8. The molecule has 2 rings (SSSR count). The smallest absolute Gasteiger partial charge is 0.142 e. The lowest BCUT2D eigenvalue weighted by Gasteiger charge is -2.04. The van der Waals surface area contributed by atoms with E-state index in [4.69, 9.17) is 0 Å². The van der Waals surface area contributed by atoms with Gasteiger partial charge in [-0.15, -0.1) is 0 Å². The van der Waals surface area contributed by atoms with Gasteiger partial charge in [0.25, 0.3) is 0 Å². The molecule has 88 valence electrons. The molecule has 1 fully saturated rings. The Morgan fingerprint density at radius 1 is 1.62 bits per heavy atom. The Labute approximate surface area is 104 Å². The predicted octanol–water partition coefficient (Wildman–Crippen LogP) is 2.74. The second-order valence-electron chi connectivity index (χ2n) is 4.62. The van der Waals surface area contributed by atoms with Gasteiger partial charge in [0.15, 0.2) is 0 Å². The van der Waals surface area contributed by atoms with Crippen molar-refractivity contribution in [3.8, 4) is 0 Å². The van der Waals surface area contributed by atoms with Crippen LogP contribution in [0.25, 0.3) is 0 Å². The second kappa shape index (κ2) is 4.32. The Hall–Kier alpha value is -0.640. The van der Waals surface area contributed by atoms with Crippen molar-refractivity contribution in [2.24, 2.45) is 11.8 Å². The number of carbonyl (C=O) groups is 1. The van der Waals surface area contributed by atoms with Gasteiger partial charge in [-0.25, -0.2) is 0 Å². The first-order chi connectivity index (χ1) is 7.54. The summed E-state index contributed by atoms with van der Waals surface area (Å²) >= 11 is 3.52. The van der Waals surface area contributed by atoms with E-state index in [-0.39, 0.29) is 0 Å². The third-order valence-electron chi connectivity index (χ3n) is 3.32. The molecule has 1 aromatic rings. The fourth-order valence-electron chi connectivity index (χ4n) is 2.10. The van der Waals surface area contributed by atoms with Gasteiger partial charge in [-0.2, -0.15) is 5.10 Å². The SMILES string of the molecule is CCn1nc(C)c(Br)c1CC(=O)C1CC1C. The molecular weight excluding hydrogens is 268 g/mol. The van der Waals surface area contributed by atoms with Gasteiger partial charge in [0.1, 0.15) is 5.78 Å². The highest BCUT2D eigenvalue weighted by Crippen LogP contribution is 2.39. The Morgan fingerprint density at radius 2 is 2.25 bits per heavy atom. The first-order valence-corrected chi connectivity index (χ1v) is 6.58. The molecular formula is C12H17BrN2O. The molecule has 3 nitrogen and oxygen atoms in total. The molecule has 1 heterocycles. The van der Waals surface area contributed by atoms with E-state index >= 15 is 0 Å². The highest BCUT2D eigenvalue weighted by molar-refractivity contribution is 9.10. The lowest BCUT2D eigenvalue weighted by Crippen LogP contribution is -2.11. The van der Waals surface area contributed by atoms with E-state index in [1.807, 2.05) is 18.5 Å². The number of hydrogen-bond acceptors (Lipinski definition) is 2. The van der Waals surface area contributed by atoms with Crippen LogP contribution in [-0.2, 0) is 17.8 Å². The third-order valence-corrected chi connectivity index (χ3v) is 4.35. The van der Waals surface area contributed by atoms with Crippen LogP contribution in [-0.4, -0.2) is 15.6 Å². The fourth-order valence-corrected chi connectivity index (χ4v) is 2.53. The van der Waals surface area contributed by atoms with E-state index in [2.05, 4.69) is 28.0 Å². The topological polar surface area (TPSA) is 34.9 Å². The Balaban J connectivity index is 2.17. The molecule has 0 aromatic carbocycles. The number of aryl methyl sites for hydroxylation is 2. The highest BCUT2D eigenvalue weighted by atomic mass is 79.9. The highest BCUT2D eigenvalue weighted by Gasteiger charge is 2.39. The van der Waals surface area contributed by atoms with Crippen LogP contribution >= 0.6 is 15.9 Å². The van der Waals surface area contributed by atoms with E-state index in [9.17, 15) is 4.79 Å². The molecule has 0 N–H and O–H groups in total. The van der Waals surface area contributed by atoms with Gasteiger partial charge in [0.2, 0.25) is 0 Å². The van der Waals surface area contributed by atoms with Gasteiger partial charge in [-0.1, -0.05) is 6.92 Å². The quantitative estimate of drug-likeness (QED) is 0.852. The molecule has 0 radical (unpaired) electrons. The molecule has 1 aliphatic rings. The van der Waals surface area contributed by atoms with Gasteiger partial charge in [-0.3, -0.25) is 9.48 Å². The number of Topliss-reactive ketones (excluding diaryl/α,β-unsaturated/α-hetero) is 1. The fraction of sp³-hybridized carbons (Fsp3) is 0.667. The van der Waals surface area contributed by atoms with Crippen molar-refractivity contribution in [3.05, 3.63) is 15.9 Å². The average Bonchev–Trinajstić information content (AvgIpc) is 2.92. The van der Waals surface area contributed by atoms with Crippen molar-refractivity contribution in [2.45, 2.75) is 40.2 Å². The summed E-state index contributed by atoms with van der Waals surface area (Å²) in [6.45, 7) is 6.96. The maximum atomic E-state index is 12.0. The number of rotatable bonds is 4.